The van der Waals surface area contributed by atoms with Crippen LogP contribution in [-0.2, 0) is 6.54 Å². The molecule has 0 spiro atoms. The summed E-state index contributed by atoms with van der Waals surface area (Å²) in [4.78, 5) is 6.64. The molecule has 1 aliphatic heterocycles. The van der Waals surface area contributed by atoms with Gasteiger partial charge in [-0.05, 0) is 50.5 Å². The Kier molecular flexibility index (Phi) is 4.38. The van der Waals surface area contributed by atoms with Crippen LogP contribution in [0.25, 0.3) is 0 Å². The summed E-state index contributed by atoms with van der Waals surface area (Å²) in [5, 5.41) is 10.5. The van der Waals surface area contributed by atoms with Crippen LogP contribution in [0.5, 0.6) is 0 Å². The maximum atomic E-state index is 13.2. The molecule has 118 valence electrons. The molecule has 0 saturated carbocycles. The van der Waals surface area contributed by atoms with E-state index in [0.29, 0.717) is 12.6 Å². The van der Waals surface area contributed by atoms with Crippen LogP contribution in [0.4, 0.5) is 10.1 Å². The Morgan fingerprint density at radius 2 is 2.09 bits per heavy atom. The third kappa shape index (κ3) is 3.44. The zero-order chi connectivity index (χ0) is 15.5. The highest BCUT2D eigenvalue weighted by atomic mass is 19.1. The van der Waals surface area contributed by atoms with Gasteiger partial charge in [-0.3, -0.25) is 5.10 Å². The second-order valence-corrected chi connectivity index (χ2v) is 5.91. The minimum atomic E-state index is -0.167. The lowest BCUT2D eigenvalue weighted by Gasteiger charge is -2.34. The number of rotatable bonds is 4. The first kappa shape index (κ1) is 15.0. The number of hydrogen-bond acceptors (Lipinski definition) is 4. The van der Waals surface area contributed by atoms with Gasteiger partial charge < -0.3 is 10.2 Å². The minimum absolute atomic E-state index is 0.167. The van der Waals surface area contributed by atoms with Crippen molar-refractivity contribution in [2.75, 3.05) is 18.0 Å². The van der Waals surface area contributed by atoms with Crippen molar-refractivity contribution in [1.82, 2.24) is 20.5 Å². The number of hydrogen-bond donors (Lipinski definition) is 2. The van der Waals surface area contributed by atoms with E-state index in [4.69, 9.17) is 0 Å². The predicted octanol–water partition coefficient (Wildman–Crippen LogP) is 2.32. The summed E-state index contributed by atoms with van der Waals surface area (Å²) in [6, 6.07) is 5.51. The first-order valence-electron chi connectivity index (χ1n) is 7.74. The van der Waals surface area contributed by atoms with Gasteiger partial charge >= 0.3 is 0 Å². The molecule has 1 aliphatic rings. The molecule has 2 aromatic rings. The second-order valence-electron chi connectivity index (χ2n) is 5.91. The van der Waals surface area contributed by atoms with Crippen molar-refractivity contribution in [3.63, 3.8) is 0 Å². The quantitative estimate of drug-likeness (QED) is 0.910. The molecule has 2 heterocycles. The third-order valence-corrected chi connectivity index (χ3v) is 4.19. The highest BCUT2D eigenvalue weighted by molar-refractivity contribution is 5.53. The Morgan fingerprint density at radius 1 is 1.32 bits per heavy atom. The zero-order valence-electron chi connectivity index (χ0n) is 13.1. The first-order chi connectivity index (χ1) is 10.6. The number of aryl methyl sites for hydroxylation is 2. The predicted molar refractivity (Wildman–Crippen MR) is 84.3 cm³/mol. The number of aromatic amines is 1. The van der Waals surface area contributed by atoms with E-state index in [9.17, 15) is 4.39 Å². The Labute approximate surface area is 129 Å². The van der Waals surface area contributed by atoms with Gasteiger partial charge in [-0.25, -0.2) is 9.37 Å². The summed E-state index contributed by atoms with van der Waals surface area (Å²) in [6.07, 6.45) is 2.14. The fourth-order valence-corrected chi connectivity index (χ4v) is 3.00. The summed E-state index contributed by atoms with van der Waals surface area (Å²) in [6.45, 7) is 6.53. The molecule has 1 aromatic heterocycles. The van der Waals surface area contributed by atoms with E-state index in [1.165, 1.54) is 6.07 Å². The van der Waals surface area contributed by atoms with Crippen LogP contribution in [0.3, 0.4) is 0 Å². The number of piperidine rings is 1. The molecule has 3 rings (SSSR count). The zero-order valence-corrected chi connectivity index (χ0v) is 13.1. The maximum absolute atomic E-state index is 13.2. The van der Waals surface area contributed by atoms with Crippen LogP contribution < -0.4 is 10.2 Å². The number of halogens is 1. The first-order valence-corrected chi connectivity index (χ1v) is 7.74. The normalized spacial score (nSPS) is 16.2. The van der Waals surface area contributed by atoms with Gasteiger partial charge in [-0.2, -0.15) is 5.10 Å². The van der Waals surface area contributed by atoms with E-state index in [-0.39, 0.29) is 5.82 Å². The average Bonchev–Trinajstić information content (AvgIpc) is 2.92. The second kappa shape index (κ2) is 6.44. The number of aromatic nitrogens is 3. The highest BCUT2D eigenvalue weighted by Crippen LogP contribution is 2.24. The molecule has 0 bridgehead atoms. The van der Waals surface area contributed by atoms with Crippen LogP contribution >= 0.6 is 0 Å². The maximum Gasteiger partial charge on any atom is 0.164 e. The molecule has 22 heavy (non-hydrogen) atoms. The van der Waals surface area contributed by atoms with E-state index in [1.807, 2.05) is 19.9 Å². The van der Waals surface area contributed by atoms with Crippen molar-refractivity contribution in [2.45, 2.75) is 39.3 Å². The van der Waals surface area contributed by atoms with Gasteiger partial charge in [-0.15, -0.1) is 0 Å². The molecule has 1 aromatic carbocycles. The SMILES string of the molecule is Cc1nc(CNC2CCN(c3ccc(F)cc3C)CC2)n[nH]1. The molecule has 5 nitrogen and oxygen atoms in total. The lowest BCUT2D eigenvalue weighted by molar-refractivity contribution is 0.409. The number of benzene rings is 1. The van der Waals surface area contributed by atoms with Crippen LogP contribution in [-0.4, -0.2) is 34.3 Å². The number of nitrogens with zero attached hydrogens (tertiary/aromatic N) is 3. The van der Waals surface area contributed by atoms with Crippen molar-refractivity contribution in [2.24, 2.45) is 0 Å². The topological polar surface area (TPSA) is 56.8 Å². The fraction of sp³-hybridized carbons (Fsp3) is 0.500. The van der Waals surface area contributed by atoms with Crippen molar-refractivity contribution < 1.29 is 4.39 Å². The van der Waals surface area contributed by atoms with Crippen molar-refractivity contribution in [3.05, 3.63) is 41.2 Å². The van der Waals surface area contributed by atoms with Crippen LogP contribution in [0.1, 0.15) is 30.1 Å². The highest BCUT2D eigenvalue weighted by Gasteiger charge is 2.20. The molecule has 0 radical (unpaired) electrons. The Bertz CT molecular complexity index is 631. The molecule has 0 aliphatic carbocycles. The van der Waals surface area contributed by atoms with E-state index < -0.39 is 0 Å². The van der Waals surface area contributed by atoms with E-state index >= 15 is 0 Å². The molecule has 1 saturated heterocycles. The van der Waals surface area contributed by atoms with E-state index in [0.717, 1.165) is 48.8 Å². The van der Waals surface area contributed by atoms with Gasteiger partial charge in [0.15, 0.2) is 5.82 Å². The summed E-state index contributed by atoms with van der Waals surface area (Å²) in [5.74, 6) is 1.49. The minimum Gasteiger partial charge on any atom is -0.371 e. The number of H-pyrrole nitrogens is 1. The van der Waals surface area contributed by atoms with Gasteiger partial charge in [-0.1, -0.05) is 0 Å². The largest absolute Gasteiger partial charge is 0.371 e. The summed E-state index contributed by atoms with van der Waals surface area (Å²) < 4.78 is 13.2. The van der Waals surface area contributed by atoms with Crippen molar-refractivity contribution in [3.8, 4) is 0 Å². The van der Waals surface area contributed by atoms with Gasteiger partial charge in [0.05, 0.1) is 6.54 Å². The third-order valence-electron chi connectivity index (χ3n) is 4.19. The molecule has 1 fully saturated rings. The Hall–Kier alpha value is -1.95. The molecule has 0 unspecified atom stereocenters. The molecule has 2 N–H and O–H groups in total. The van der Waals surface area contributed by atoms with E-state index in [1.54, 1.807) is 6.07 Å². The molecular weight excluding hydrogens is 281 g/mol. The van der Waals surface area contributed by atoms with Crippen molar-refractivity contribution >= 4 is 5.69 Å². The Balaban J connectivity index is 1.51. The van der Waals surface area contributed by atoms with Gasteiger partial charge in [0.1, 0.15) is 11.6 Å². The van der Waals surface area contributed by atoms with Gasteiger partial charge in [0, 0.05) is 24.8 Å². The summed E-state index contributed by atoms with van der Waals surface area (Å²) in [7, 11) is 0. The fourth-order valence-electron chi connectivity index (χ4n) is 3.00. The van der Waals surface area contributed by atoms with E-state index in [2.05, 4.69) is 25.4 Å². The standard InChI is InChI=1S/C16H22FN5/c1-11-9-13(17)3-4-15(11)22-7-5-14(6-8-22)18-10-16-19-12(2)20-21-16/h3-4,9,14,18H,5-8,10H2,1-2H3,(H,19,20,21). The molecule has 6 heteroatoms. The van der Waals surface area contributed by atoms with Crippen LogP contribution in [0.15, 0.2) is 18.2 Å². The summed E-state index contributed by atoms with van der Waals surface area (Å²) in [5.41, 5.74) is 2.15. The lowest BCUT2D eigenvalue weighted by Crippen LogP contribution is -2.42. The van der Waals surface area contributed by atoms with Crippen LogP contribution in [0, 0.1) is 19.7 Å². The molecular formula is C16H22FN5. The number of anilines is 1. The average molecular weight is 303 g/mol. The molecule has 0 atom stereocenters. The lowest BCUT2D eigenvalue weighted by atomic mass is 10.0. The Morgan fingerprint density at radius 3 is 2.73 bits per heavy atom. The number of nitrogens with one attached hydrogen (secondary N) is 2. The van der Waals surface area contributed by atoms with Crippen molar-refractivity contribution in [1.29, 1.82) is 0 Å². The van der Waals surface area contributed by atoms with Gasteiger partial charge in [0.25, 0.3) is 0 Å². The van der Waals surface area contributed by atoms with Gasteiger partial charge in [0.2, 0.25) is 0 Å². The monoisotopic (exact) mass is 303 g/mol. The summed E-state index contributed by atoms with van der Waals surface area (Å²) >= 11 is 0. The van der Waals surface area contributed by atoms with Crippen LogP contribution in [0.2, 0.25) is 0 Å². The molecule has 0 amide bonds. The smallest absolute Gasteiger partial charge is 0.164 e.